The summed E-state index contributed by atoms with van der Waals surface area (Å²) in [5.41, 5.74) is 3.51. The van der Waals surface area contributed by atoms with E-state index in [1.165, 1.54) is 10.4 Å². The van der Waals surface area contributed by atoms with E-state index in [9.17, 15) is 4.79 Å². The van der Waals surface area contributed by atoms with Crippen molar-refractivity contribution in [2.24, 2.45) is 5.92 Å². The predicted octanol–water partition coefficient (Wildman–Crippen LogP) is 3.31. The summed E-state index contributed by atoms with van der Waals surface area (Å²) in [5, 5.41) is 3.42. The third-order valence-electron chi connectivity index (χ3n) is 5.99. The highest BCUT2D eigenvalue weighted by Gasteiger charge is 2.64. The summed E-state index contributed by atoms with van der Waals surface area (Å²) in [6, 6.07) is 6.18. The second-order valence-electron chi connectivity index (χ2n) is 7.34. The van der Waals surface area contributed by atoms with Gasteiger partial charge >= 0.3 is 0 Å². The van der Waals surface area contributed by atoms with Crippen LogP contribution in [0.5, 0.6) is 17.2 Å². The number of methoxy groups -OCH3 is 3. The van der Waals surface area contributed by atoms with Crippen LogP contribution in [0.1, 0.15) is 32.1 Å². The second-order valence-corrected chi connectivity index (χ2v) is 8.48. The summed E-state index contributed by atoms with van der Waals surface area (Å²) in [6.45, 7) is 0.983. The molecule has 1 aliphatic heterocycles. The highest BCUT2D eigenvalue weighted by molar-refractivity contribution is 7.14. The Morgan fingerprint density at radius 2 is 1.89 bits per heavy atom. The Morgan fingerprint density at radius 3 is 2.52 bits per heavy atom. The molecule has 5 nitrogen and oxygen atoms in total. The monoisotopic (exact) mass is 383 g/mol. The van der Waals surface area contributed by atoms with Gasteiger partial charge in [0.1, 0.15) is 0 Å². The summed E-state index contributed by atoms with van der Waals surface area (Å²) in [4.78, 5) is 14.7. The quantitative estimate of drug-likeness (QED) is 0.859. The van der Waals surface area contributed by atoms with Crippen molar-refractivity contribution >= 4 is 17.1 Å². The summed E-state index contributed by atoms with van der Waals surface area (Å²) in [5.74, 6) is 2.66. The second kappa shape index (κ2) is 5.76. The van der Waals surface area contributed by atoms with E-state index < -0.39 is 0 Å². The molecular formula is C21H21NO4S. The van der Waals surface area contributed by atoms with Gasteiger partial charge in [0, 0.05) is 35.0 Å². The maximum absolute atomic E-state index is 12.6. The minimum absolute atomic E-state index is 0.0906. The Balaban J connectivity index is 1.51. The van der Waals surface area contributed by atoms with Crippen molar-refractivity contribution in [3.63, 3.8) is 0 Å². The van der Waals surface area contributed by atoms with E-state index in [-0.39, 0.29) is 11.2 Å². The van der Waals surface area contributed by atoms with E-state index in [0.717, 1.165) is 35.5 Å². The number of allylic oxidation sites excluding steroid dienone is 2. The van der Waals surface area contributed by atoms with Crippen molar-refractivity contribution in [2.75, 3.05) is 27.9 Å². The first kappa shape index (κ1) is 16.7. The number of rotatable bonds is 5. The van der Waals surface area contributed by atoms with E-state index in [4.69, 9.17) is 14.2 Å². The van der Waals surface area contributed by atoms with Crippen LogP contribution in [0.15, 0.2) is 30.0 Å². The number of benzene rings is 1. The van der Waals surface area contributed by atoms with Crippen molar-refractivity contribution in [1.29, 1.82) is 0 Å². The third-order valence-corrected chi connectivity index (χ3v) is 7.14. The minimum atomic E-state index is 0.0906. The van der Waals surface area contributed by atoms with Crippen molar-refractivity contribution in [3.05, 3.63) is 50.9 Å². The van der Waals surface area contributed by atoms with Gasteiger partial charge in [-0.15, -0.1) is 11.3 Å². The lowest BCUT2D eigenvalue weighted by Gasteiger charge is -2.20. The van der Waals surface area contributed by atoms with Gasteiger partial charge in [-0.25, -0.2) is 0 Å². The molecule has 1 aromatic carbocycles. The van der Waals surface area contributed by atoms with Crippen molar-refractivity contribution < 1.29 is 19.0 Å². The topological polar surface area (TPSA) is 56.8 Å². The maximum atomic E-state index is 12.6. The lowest BCUT2D eigenvalue weighted by Crippen LogP contribution is -2.23. The summed E-state index contributed by atoms with van der Waals surface area (Å²) >= 11 is 1.61. The molecule has 1 N–H and O–H groups in total. The summed E-state index contributed by atoms with van der Waals surface area (Å²) in [6.07, 6.45) is 3.70. The zero-order valence-electron chi connectivity index (χ0n) is 15.5. The van der Waals surface area contributed by atoms with Crippen LogP contribution in [0.4, 0.5) is 0 Å². The normalized spacial score (nSPS) is 24.3. The molecule has 0 radical (unpaired) electrons. The van der Waals surface area contributed by atoms with Crippen LogP contribution < -0.4 is 19.5 Å². The molecule has 3 aliphatic rings. The van der Waals surface area contributed by atoms with Gasteiger partial charge in [-0.05, 0) is 41.7 Å². The number of ether oxygens (including phenoxy) is 3. The molecule has 2 fully saturated rings. The molecule has 5 rings (SSSR count). The number of hydrogen-bond acceptors (Lipinski definition) is 6. The minimum Gasteiger partial charge on any atom is -0.493 e. The first-order valence-corrected chi connectivity index (χ1v) is 9.84. The van der Waals surface area contributed by atoms with Gasteiger partial charge in [-0.1, -0.05) is 0 Å². The number of ketones is 1. The maximum Gasteiger partial charge on any atom is 0.203 e. The zero-order valence-corrected chi connectivity index (χ0v) is 16.4. The SMILES string of the molecule is COc1cc(Cc2cc3c(s2)C(=O)C=C2NCC4CC234)cc(OC)c1OC. The van der Waals surface area contributed by atoms with Crippen molar-refractivity contribution in [1.82, 2.24) is 5.32 Å². The number of nitrogens with one attached hydrogen (secondary N) is 1. The number of carbonyl (C=O) groups excluding carboxylic acids is 1. The molecular weight excluding hydrogens is 362 g/mol. The van der Waals surface area contributed by atoms with Crippen LogP contribution in [0.3, 0.4) is 0 Å². The van der Waals surface area contributed by atoms with Gasteiger partial charge in [-0.3, -0.25) is 4.79 Å². The van der Waals surface area contributed by atoms with E-state index in [1.807, 2.05) is 18.2 Å². The van der Waals surface area contributed by atoms with Gasteiger partial charge < -0.3 is 19.5 Å². The van der Waals surface area contributed by atoms with Crippen LogP contribution >= 0.6 is 11.3 Å². The largest absolute Gasteiger partial charge is 0.493 e. The number of fused-ring (bicyclic) bond motifs is 1. The van der Waals surface area contributed by atoms with E-state index >= 15 is 0 Å². The lowest BCUT2D eigenvalue weighted by molar-refractivity contribution is 0.104. The Kier molecular flexibility index (Phi) is 3.56. The molecule has 2 heterocycles. The molecule has 2 aromatic rings. The van der Waals surface area contributed by atoms with Gasteiger partial charge in [0.25, 0.3) is 0 Å². The van der Waals surface area contributed by atoms with Crippen LogP contribution in [-0.4, -0.2) is 33.7 Å². The Bertz CT molecular complexity index is 967. The highest BCUT2D eigenvalue weighted by atomic mass is 32.1. The Morgan fingerprint density at radius 1 is 1.15 bits per heavy atom. The first-order valence-electron chi connectivity index (χ1n) is 9.03. The fourth-order valence-electron chi connectivity index (χ4n) is 4.63. The standard InChI is InChI=1S/C21H21NO4S/c1-24-16-5-11(6-17(25-2)19(16)26-3)4-13-7-14-20(27-13)15(23)8-18-21(14)9-12(21)10-22-18/h5-8,12,22H,4,9-10H2,1-3H3. The zero-order chi connectivity index (χ0) is 18.8. The first-order chi connectivity index (χ1) is 13.1. The molecule has 1 saturated heterocycles. The summed E-state index contributed by atoms with van der Waals surface area (Å²) in [7, 11) is 4.84. The third kappa shape index (κ3) is 2.26. The lowest BCUT2D eigenvalue weighted by atomic mass is 9.86. The number of hydrogen-bond donors (Lipinski definition) is 1. The molecule has 1 saturated carbocycles. The fraction of sp³-hybridized carbons (Fsp3) is 0.381. The Hall–Kier alpha value is -2.47. The number of carbonyl (C=O) groups is 1. The van der Waals surface area contributed by atoms with E-state index in [0.29, 0.717) is 23.2 Å². The van der Waals surface area contributed by atoms with Crippen LogP contribution in [0, 0.1) is 5.92 Å². The molecule has 1 aromatic heterocycles. The van der Waals surface area contributed by atoms with E-state index in [1.54, 1.807) is 32.7 Å². The average Bonchev–Trinajstić information content (AvgIpc) is 3.04. The molecule has 2 unspecified atom stereocenters. The molecule has 27 heavy (non-hydrogen) atoms. The molecule has 2 atom stereocenters. The average molecular weight is 383 g/mol. The molecule has 0 amide bonds. The number of thiophene rings is 1. The van der Waals surface area contributed by atoms with Crippen LogP contribution in [-0.2, 0) is 11.8 Å². The molecule has 2 aliphatic carbocycles. The molecule has 0 bridgehead atoms. The van der Waals surface area contributed by atoms with Gasteiger partial charge in [0.15, 0.2) is 17.3 Å². The smallest absolute Gasteiger partial charge is 0.203 e. The molecule has 1 spiro atoms. The van der Waals surface area contributed by atoms with Gasteiger partial charge in [0.05, 0.1) is 26.2 Å². The van der Waals surface area contributed by atoms with Crippen LogP contribution in [0.2, 0.25) is 0 Å². The molecule has 140 valence electrons. The van der Waals surface area contributed by atoms with E-state index in [2.05, 4.69) is 11.4 Å². The van der Waals surface area contributed by atoms with Crippen LogP contribution in [0.25, 0.3) is 0 Å². The highest BCUT2D eigenvalue weighted by Crippen LogP contribution is 2.64. The summed E-state index contributed by atoms with van der Waals surface area (Å²) < 4.78 is 16.3. The van der Waals surface area contributed by atoms with Gasteiger partial charge in [0.2, 0.25) is 5.75 Å². The predicted molar refractivity (Wildman–Crippen MR) is 103 cm³/mol. The Labute approximate surface area is 161 Å². The van der Waals surface area contributed by atoms with Crippen molar-refractivity contribution in [2.45, 2.75) is 18.3 Å². The van der Waals surface area contributed by atoms with Crippen molar-refractivity contribution in [3.8, 4) is 17.2 Å². The molecule has 6 heteroatoms. The fourth-order valence-corrected chi connectivity index (χ4v) is 5.82. The van der Waals surface area contributed by atoms with Gasteiger partial charge in [-0.2, -0.15) is 0 Å². The number of piperidine rings is 1.